The van der Waals surface area contributed by atoms with Crippen LogP contribution in [0, 0.1) is 5.41 Å². The molecule has 0 atom stereocenters. The maximum absolute atomic E-state index is 11.1. The van der Waals surface area contributed by atoms with Gasteiger partial charge in [-0.3, -0.25) is 4.79 Å². The molecule has 1 N–H and O–H groups in total. The molecule has 0 saturated carbocycles. The van der Waals surface area contributed by atoms with E-state index in [0.717, 1.165) is 28.5 Å². The molecule has 20 heavy (non-hydrogen) atoms. The van der Waals surface area contributed by atoms with Crippen LogP contribution in [0.4, 0.5) is 0 Å². The summed E-state index contributed by atoms with van der Waals surface area (Å²) in [6, 6.07) is 12.2. The summed E-state index contributed by atoms with van der Waals surface area (Å²) in [6.45, 7) is 3.53. The highest BCUT2D eigenvalue weighted by atomic mass is 16.5. The standard InChI is InChI=1S/C17H20O3/c1-17(2,16(18)19)9-8-12-4-5-14-11-15(20-3)7-6-13(14)10-12/h4-7,10-11H,8-9H2,1-3H3,(H,18,19). The zero-order valence-electron chi connectivity index (χ0n) is 12.1. The quantitative estimate of drug-likeness (QED) is 0.898. The van der Waals surface area contributed by atoms with E-state index < -0.39 is 11.4 Å². The summed E-state index contributed by atoms with van der Waals surface area (Å²) in [6.07, 6.45) is 1.39. The molecule has 0 aromatic heterocycles. The Labute approximate surface area is 119 Å². The number of benzene rings is 2. The molecule has 2 aromatic carbocycles. The van der Waals surface area contributed by atoms with E-state index in [1.54, 1.807) is 21.0 Å². The van der Waals surface area contributed by atoms with Gasteiger partial charge in [0.1, 0.15) is 5.75 Å². The van der Waals surface area contributed by atoms with E-state index in [-0.39, 0.29) is 0 Å². The molecule has 0 unspecified atom stereocenters. The number of carboxylic acid groups (broad SMARTS) is 1. The van der Waals surface area contributed by atoms with Gasteiger partial charge in [-0.2, -0.15) is 0 Å². The summed E-state index contributed by atoms with van der Waals surface area (Å²) >= 11 is 0. The second kappa shape index (κ2) is 5.53. The monoisotopic (exact) mass is 272 g/mol. The molecule has 106 valence electrons. The predicted molar refractivity (Wildman–Crippen MR) is 80.2 cm³/mol. The molecule has 3 nitrogen and oxygen atoms in total. The van der Waals surface area contributed by atoms with Crippen LogP contribution >= 0.6 is 0 Å². The van der Waals surface area contributed by atoms with Crippen molar-refractivity contribution >= 4 is 16.7 Å². The van der Waals surface area contributed by atoms with E-state index in [0.29, 0.717) is 6.42 Å². The normalized spacial score (nSPS) is 11.6. The van der Waals surface area contributed by atoms with Gasteiger partial charge in [0, 0.05) is 0 Å². The van der Waals surface area contributed by atoms with Gasteiger partial charge in [0.2, 0.25) is 0 Å². The summed E-state index contributed by atoms with van der Waals surface area (Å²) in [7, 11) is 1.66. The van der Waals surface area contributed by atoms with Crippen LogP contribution < -0.4 is 4.74 Å². The van der Waals surface area contributed by atoms with E-state index in [2.05, 4.69) is 18.2 Å². The number of hydrogen-bond acceptors (Lipinski definition) is 2. The van der Waals surface area contributed by atoms with Crippen molar-refractivity contribution < 1.29 is 14.6 Å². The van der Waals surface area contributed by atoms with Gasteiger partial charge in [-0.15, -0.1) is 0 Å². The van der Waals surface area contributed by atoms with E-state index >= 15 is 0 Å². The molecule has 0 aliphatic carbocycles. The van der Waals surface area contributed by atoms with Crippen LogP contribution in [0.25, 0.3) is 10.8 Å². The Balaban J connectivity index is 2.18. The molecule has 0 aliphatic heterocycles. The molecule has 0 amide bonds. The largest absolute Gasteiger partial charge is 0.497 e. The molecule has 0 saturated heterocycles. The molecule has 2 aromatic rings. The van der Waals surface area contributed by atoms with Gasteiger partial charge in [-0.25, -0.2) is 0 Å². The summed E-state index contributed by atoms with van der Waals surface area (Å²) in [5.74, 6) is 0.0975. The number of methoxy groups -OCH3 is 1. The summed E-state index contributed by atoms with van der Waals surface area (Å²) in [5, 5.41) is 11.4. The van der Waals surface area contributed by atoms with Crippen molar-refractivity contribution in [2.45, 2.75) is 26.7 Å². The van der Waals surface area contributed by atoms with E-state index in [1.165, 1.54) is 0 Å². The van der Waals surface area contributed by atoms with Crippen LogP contribution in [-0.4, -0.2) is 18.2 Å². The molecular weight excluding hydrogens is 252 g/mol. The highest BCUT2D eigenvalue weighted by Crippen LogP contribution is 2.26. The highest BCUT2D eigenvalue weighted by Gasteiger charge is 2.26. The SMILES string of the molecule is COc1ccc2cc(CCC(C)(C)C(=O)O)ccc2c1. The number of carbonyl (C=O) groups is 1. The number of aliphatic carboxylic acids is 1. The van der Waals surface area contributed by atoms with Crippen LogP contribution in [0.1, 0.15) is 25.8 Å². The van der Waals surface area contributed by atoms with Gasteiger partial charge in [0.25, 0.3) is 0 Å². The fourth-order valence-electron chi connectivity index (χ4n) is 2.12. The van der Waals surface area contributed by atoms with Crippen molar-refractivity contribution in [1.29, 1.82) is 0 Å². The first-order valence-electron chi connectivity index (χ1n) is 6.72. The Hall–Kier alpha value is -2.03. The molecule has 0 aliphatic rings. The number of fused-ring (bicyclic) bond motifs is 1. The second-order valence-corrected chi connectivity index (χ2v) is 5.74. The fourth-order valence-corrected chi connectivity index (χ4v) is 2.12. The summed E-state index contributed by atoms with van der Waals surface area (Å²) in [5.41, 5.74) is 0.478. The molecule has 0 radical (unpaired) electrons. The smallest absolute Gasteiger partial charge is 0.309 e. The minimum Gasteiger partial charge on any atom is -0.497 e. The lowest BCUT2D eigenvalue weighted by Gasteiger charge is -2.18. The number of rotatable bonds is 5. The highest BCUT2D eigenvalue weighted by molar-refractivity contribution is 5.84. The minimum absolute atomic E-state index is 0.629. The van der Waals surface area contributed by atoms with Gasteiger partial charge in [-0.05, 0) is 55.2 Å². The fraction of sp³-hybridized carbons (Fsp3) is 0.353. The predicted octanol–water partition coefficient (Wildman–Crippen LogP) is 3.89. The number of ether oxygens (including phenoxy) is 1. The van der Waals surface area contributed by atoms with Crippen LogP contribution in [0.5, 0.6) is 5.75 Å². The molecule has 0 bridgehead atoms. The number of carboxylic acids is 1. The zero-order valence-corrected chi connectivity index (χ0v) is 12.1. The lowest BCUT2D eigenvalue weighted by atomic mass is 9.86. The first kappa shape index (κ1) is 14.4. The van der Waals surface area contributed by atoms with Crippen LogP contribution in [0.15, 0.2) is 36.4 Å². The summed E-state index contributed by atoms with van der Waals surface area (Å²) in [4.78, 5) is 11.1. The Morgan fingerprint density at radius 2 is 1.80 bits per heavy atom. The maximum Gasteiger partial charge on any atom is 0.309 e. The van der Waals surface area contributed by atoms with E-state index in [9.17, 15) is 4.79 Å². The third-order valence-electron chi connectivity index (χ3n) is 3.73. The third kappa shape index (κ3) is 3.10. The first-order chi connectivity index (χ1) is 9.42. The Morgan fingerprint density at radius 1 is 1.15 bits per heavy atom. The van der Waals surface area contributed by atoms with Crippen molar-refractivity contribution in [3.8, 4) is 5.75 Å². The van der Waals surface area contributed by atoms with E-state index in [1.807, 2.05) is 18.2 Å². The zero-order chi connectivity index (χ0) is 14.8. The van der Waals surface area contributed by atoms with Crippen molar-refractivity contribution in [2.24, 2.45) is 5.41 Å². The molecule has 3 heteroatoms. The van der Waals surface area contributed by atoms with Crippen molar-refractivity contribution in [3.05, 3.63) is 42.0 Å². The molecule has 0 fully saturated rings. The topological polar surface area (TPSA) is 46.5 Å². The molecule has 2 rings (SSSR count). The number of aryl methyl sites for hydroxylation is 1. The van der Waals surface area contributed by atoms with Crippen LogP contribution in [-0.2, 0) is 11.2 Å². The van der Waals surface area contributed by atoms with Gasteiger partial charge >= 0.3 is 5.97 Å². The van der Waals surface area contributed by atoms with E-state index in [4.69, 9.17) is 9.84 Å². The third-order valence-corrected chi connectivity index (χ3v) is 3.73. The lowest BCUT2D eigenvalue weighted by Crippen LogP contribution is -2.24. The number of hydrogen-bond donors (Lipinski definition) is 1. The molecule has 0 spiro atoms. The Morgan fingerprint density at radius 3 is 2.45 bits per heavy atom. The second-order valence-electron chi connectivity index (χ2n) is 5.74. The average Bonchev–Trinajstić information content (AvgIpc) is 2.44. The van der Waals surface area contributed by atoms with Crippen LogP contribution in [0.3, 0.4) is 0 Å². The Kier molecular flexibility index (Phi) is 3.98. The van der Waals surface area contributed by atoms with Gasteiger partial charge in [0.15, 0.2) is 0 Å². The maximum atomic E-state index is 11.1. The molecule has 0 heterocycles. The molecular formula is C17H20O3. The average molecular weight is 272 g/mol. The Bertz CT molecular complexity index is 629. The van der Waals surface area contributed by atoms with Gasteiger partial charge < -0.3 is 9.84 Å². The van der Waals surface area contributed by atoms with Gasteiger partial charge in [0.05, 0.1) is 12.5 Å². The van der Waals surface area contributed by atoms with Crippen LogP contribution in [0.2, 0.25) is 0 Å². The van der Waals surface area contributed by atoms with Crippen molar-refractivity contribution in [1.82, 2.24) is 0 Å². The van der Waals surface area contributed by atoms with Crippen molar-refractivity contribution in [2.75, 3.05) is 7.11 Å². The van der Waals surface area contributed by atoms with Gasteiger partial charge in [-0.1, -0.05) is 24.3 Å². The first-order valence-corrected chi connectivity index (χ1v) is 6.72. The minimum atomic E-state index is -0.747. The van der Waals surface area contributed by atoms with Crippen molar-refractivity contribution in [3.63, 3.8) is 0 Å². The summed E-state index contributed by atoms with van der Waals surface area (Å²) < 4.78 is 5.21. The lowest BCUT2D eigenvalue weighted by molar-refractivity contribution is -0.147.